The summed E-state index contributed by atoms with van der Waals surface area (Å²) in [5.74, 6) is 1.74. The molecule has 0 spiro atoms. The van der Waals surface area contributed by atoms with Crippen molar-refractivity contribution in [1.29, 1.82) is 0 Å². The Balaban J connectivity index is 1.92. The first-order chi connectivity index (χ1) is 12.2. The van der Waals surface area contributed by atoms with Gasteiger partial charge in [-0.2, -0.15) is 9.78 Å². The van der Waals surface area contributed by atoms with Gasteiger partial charge in [0.25, 0.3) is 0 Å². The van der Waals surface area contributed by atoms with E-state index < -0.39 is 0 Å². The lowest BCUT2D eigenvalue weighted by Gasteiger charge is -2.11. The molecule has 25 heavy (non-hydrogen) atoms. The largest absolute Gasteiger partial charge is 0.491 e. The van der Waals surface area contributed by atoms with Crippen molar-refractivity contribution in [2.24, 2.45) is 5.10 Å². The summed E-state index contributed by atoms with van der Waals surface area (Å²) in [4.78, 5) is 0. The van der Waals surface area contributed by atoms with Crippen LogP contribution in [0.2, 0.25) is 5.02 Å². The van der Waals surface area contributed by atoms with Crippen molar-refractivity contribution in [3.8, 4) is 22.9 Å². The first kappa shape index (κ1) is 17.0. The zero-order valence-electron chi connectivity index (χ0n) is 13.9. The van der Waals surface area contributed by atoms with Gasteiger partial charge in [0.2, 0.25) is 0 Å². The molecule has 3 rings (SSSR count). The average Bonchev–Trinajstić information content (AvgIpc) is 3.09. The summed E-state index contributed by atoms with van der Waals surface area (Å²) in [5, 5.41) is 12.9. The van der Waals surface area contributed by atoms with Gasteiger partial charge in [-0.3, -0.25) is 0 Å². The van der Waals surface area contributed by atoms with Crippen molar-refractivity contribution < 1.29 is 9.47 Å². The quantitative estimate of drug-likeness (QED) is 0.629. The molecule has 1 heterocycles. The minimum absolute atomic E-state index is 0.460. The number of benzene rings is 2. The minimum atomic E-state index is 0.460. The molecule has 0 unspecified atom stereocenters. The van der Waals surface area contributed by atoms with Crippen LogP contribution in [0.5, 0.6) is 11.5 Å². The van der Waals surface area contributed by atoms with Crippen molar-refractivity contribution in [3.05, 3.63) is 59.4 Å². The molecule has 0 bridgehead atoms. The number of nitrogens with zero attached hydrogens (tertiary/aromatic N) is 4. The maximum Gasteiger partial charge on any atom is 0.184 e. The van der Waals surface area contributed by atoms with Crippen LogP contribution < -0.4 is 9.47 Å². The third kappa shape index (κ3) is 3.80. The van der Waals surface area contributed by atoms with Crippen molar-refractivity contribution in [1.82, 2.24) is 14.9 Å². The number of hydrogen-bond acceptors (Lipinski definition) is 5. The number of aromatic nitrogens is 3. The van der Waals surface area contributed by atoms with E-state index in [2.05, 4.69) is 15.3 Å². The monoisotopic (exact) mass is 356 g/mol. The molecule has 2 aromatic carbocycles. The van der Waals surface area contributed by atoms with Crippen molar-refractivity contribution in [3.63, 3.8) is 0 Å². The first-order valence-corrected chi connectivity index (χ1v) is 8.11. The van der Waals surface area contributed by atoms with E-state index in [-0.39, 0.29) is 0 Å². The molecule has 3 aromatic rings. The molecule has 0 N–H and O–H groups in total. The topological polar surface area (TPSA) is 61.5 Å². The van der Waals surface area contributed by atoms with E-state index in [0.717, 1.165) is 11.1 Å². The van der Waals surface area contributed by atoms with Gasteiger partial charge in [-0.1, -0.05) is 41.9 Å². The molecule has 1 aromatic heterocycles. The molecule has 0 aliphatic heterocycles. The number of rotatable bonds is 6. The molecular weight excluding hydrogens is 340 g/mol. The molecule has 128 valence electrons. The lowest BCUT2D eigenvalue weighted by molar-refractivity contribution is 0.311. The summed E-state index contributed by atoms with van der Waals surface area (Å²) in [6, 6.07) is 13.3. The third-order valence-electron chi connectivity index (χ3n) is 3.43. The molecule has 0 fully saturated rings. The normalized spacial score (nSPS) is 11.0. The summed E-state index contributed by atoms with van der Waals surface area (Å²) < 4.78 is 12.5. The summed E-state index contributed by atoms with van der Waals surface area (Å²) in [5.41, 5.74) is 1.71. The number of halogens is 1. The zero-order chi connectivity index (χ0) is 17.6. The van der Waals surface area contributed by atoms with Gasteiger partial charge in [-0.05, 0) is 24.6 Å². The average molecular weight is 357 g/mol. The van der Waals surface area contributed by atoms with Gasteiger partial charge >= 0.3 is 0 Å². The lowest BCUT2D eigenvalue weighted by Crippen LogP contribution is -1.98. The fourth-order valence-electron chi connectivity index (χ4n) is 2.34. The summed E-state index contributed by atoms with van der Waals surface area (Å²) in [6.07, 6.45) is 3.22. The fourth-order valence-corrected chi connectivity index (χ4v) is 2.64. The molecule has 6 nitrogen and oxygen atoms in total. The zero-order valence-corrected chi connectivity index (χ0v) is 14.6. The maximum absolute atomic E-state index is 6.26. The van der Waals surface area contributed by atoms with Crippen molar-refractivity contribution >= 4 is 17.8 Å². The summed E-state index contributed by atoms with van der Waals surface area (Å²) in [7, 11) is 1.56. The second-order valence-electron chi connectivity index (χ2n) is 5.08. The predicted octanol–water partition coefficient (Wildman–Crippen LogP) is 3.89. The molecular formula is C18H17ClN4O2. The number of ether oxygens (including phenoxy) is 2. The maximum atomic E-state index is 6.26. The van der Waals surface area contributed by atoms with E-state index in [1.807, 2.05) is 43.3 Å². The summed E-state index contributed by atoms with van der Waals surface area (Å²) >= 11 is 6.26. The van der Waals surface area contributed by atoms with Crippen LogP contribution in [0, 0.1) is 0 Å². The van der Waals surface area contributed by atoms with E-state index in [9.17, 15) is 0 Å². The van der Waals surface area contributed by atoms with Gasteiger partial charge in [0.15, 0.2) is 17.3 Å². The Morgan fingerprint density at radius 1 is 1.24 bits per heavy atom. The molecule has 0 saturated heterocycles. The number of hydrogen-bond donors (Lipinski definition) is 0. The van der Waals surface area contributed by atoms with Crippen LogP contribution in [0.25, 0.3) is 11.4 Å². The van der Waals surface area contributed by atoms with E-state index >= 15 is 0 Å². The highest BCUT2D eigenvalue weighted by Gasteiger charge is 2.11. The third-order valence-corrected chi connectivity index (χ3v) is 3.71. The molecule has 0 amide bonds. The van der Waals surface area contributed by atoms with Gasteiger partial charge in [0.05, 0.1) is 25.0 Å². The highest BCUT2D eigenvalue weighted by molar-refractivity contribution is 6.32. The fraction of sp³-hybridized carbons (Fsp3) is 0.167. The van der Waals surface area contributed by atoms with Crippen LogP contribution in [-0.2, 0) is 0 Å². The molecule has 0 aliphatic carbocycles. The van der Waals surface area contributed by atoms with Crippen LogP contribution in [0.3, 0.4) is 0 Å². The molecule has 0 aliphatic rings. The SMILES string of the molecule is CCOc1cc(/C=N\n2cnnc2-c2ccccc2)cc(Cl)c1OC. The van der Waals surface area contributed by atoms with Gasteiger partial charge in [0, 0.05) is 5.56 Å². The minimum Gasteiger partial charge on any atom is -0.491 e. The van der Waals surface area contributed by atoms with E-state index in [1.165, 1.54) is 0 Å². The smallest absolute Gasteiger partial charge is 0.184 e. The highest BCUT2D eigenvalue weighted by atomic mass is 35.5. The second-order valence-corrected chi connectivity index (χ2v) is 5.48. The van der Waals surface area contributed by atoms with Crippen LogP contribution in [0.1, 0.15) is 12.5 Å². The van der Waals surface area contributed by atoms with Gasteiger partial charge in [-0.25, -0.2) is 0 Å². The van der Waals surface area contributed by atoms with Crippen molar-refractivity contribution in [2.45, 2.75) is 6.92 Å². The Hall–Kier alpha value is -2.86. The standard InChI is InChI=1S/C18H17ClN4O2/c1-3-25-16-10-13(9-15(19)17(16)24-2)11-21-23-12-20-22-18(23)14-7-5-4-6-8-14/h4-12H,3H2,1-2H3/b21-11-. The Kier molecular flexibility index (Phi) is 5.30. The predicted molar refractivity (Wildman–Crippen MR) is 97.6 cm³/mol. The van der Waals surface area contributed by atoms with Gasteiger partial charge in [-0.15, -0.1) is 10.2 Å². The molecule has 0 radical (unpaired) electrons. The number of methoxy groups -OCH3 is 1. The lowest BCUT2D eigenvalue weighted by atomic mass is 10.2. The summed E-state index contributed by atoms with van der Waals surface area (Å²) in [6.45, 7) is 2.41. The van der Waals surface area contributed by atoms with E-state index in [0.29, 0.717) is 29.0 Å². The molecule has 0 saturated carbocycles. The Bertz CT molecular complexity index is 878. The van der Waals surface area contributed by atoms with Crippen molar-refractivity contribution in [2.75, 3.05) is 13.7 Å². The Labute approximate surface area is 150 Å². The van der Waals surface area contributed by atoms with Crippen LogP contribution in [0.15, 0.2) is 53.9 Å². The first-order valence-electron chi connectivity index (χ1n) is 7.73. The van der Waals surface area contributed by atoms with Crippen LogP contribution in [0.4, 0.5) is 0 Å². The molecule has 7 heteroatoms. The van der Waals surface area contributed by atoms with E-state index in [1.54, 1.807) is 30.4 Å². The molecule has 0 atom stereocenters. The van der Waals surface area contributed by atoms with Gasteiger partial charge in [0.1, 0.15) is 6.33 Å². The Morgan fingerprint density at radius 2 is 2.04 bits per heavy atom. The van der Waals surface area contributed by atoms with Crippen LogP contribution >= 0.6 is 11.6 Å². The highest BCUT2D eigenvalue weighted by Crippen LogP contribution is 2.35. The van der Waals surface area contributed by atoms with Gasteiger partial charge < -0.3 is 9.47 Å². The van der Waals surface area contributed by atoms with Crippen LogP contribution in [-0.4, -0.2) is 34.8 Å². The van der Waals surface area contributed by atoms with E-state index in [4.69, 9.17) is 21.1 Å². The second kappa shape index (κ2) is 7.81. The Morgan fingerprint density at radius 3 is 2.76 bits per heavy atom.